The first-order valence-electron chi connectivity index (χ1n) is 15.3. The molecule has 0 fully saturated rings. The molecule has 0 saturated carbocycles. The Morgan fingerprint density at radius 1 is 0.394 bits per heavy atom. The van der Waals surface area contributed by atoms with Crippen molar-refractivity contribution in [3.63, 3.8) is 0 Å². The van der Waals surface area contributed by atoms with E-state index in [2.05, 4.69) is 39.8 Å². The van der Waals surface area contributed by atoms with Crippen LogP contribution in [0.4, 0.5) is 0 Å². The van der Waals surface area contributed by atoms with Crippen molar-refractivity contribution in [3.8, 4) is 0 Å². The third-order valence-electron chi connectivity index (χ3n) is 6.68. The Morgan fingerprint density at radius 2 is 0.697 bits per heavy atom. The van der Waals surface area contributed by atoms with Crippen LogP contribution in [0.15, 0.2) is 23.7 Å². The fourth-order valence-corrected chi connectivity index (χ4v) is 4.39. The van der Waals surface area contributed by atoms with Crippen LogP contribution < -0.4 is 0 Å². The highest BCUT2D eigenvalue weighted by Crippen LogP contribution is 2.22. The summed E-state index contributed by atoms with van der Waals surface area (Å²) in [6.07, 6.45) is 36.5. The van der Waals surface area contributed by atoms with Crippen molar-refractivity contribution in [2.45, 2.75) is 182 Å². The Labute approximate surface area is 210 Å². The van der Waals surface area contributed by atoms with Crippen LogP contribution in [0.2, 0.25) is 0 Å². The van der Waals surface area contributed by atoms with Crippen molar-refractivity contribution in [3.05, 3.63) is 23.7 Å². The van der Waals surface area contributed by atoms with Gasteiger partial charge in [-0.2, -0.15) is 0 Å². The van der Waals surface area contributed by atoms with E-state index >= 15 is 0 Å². The average Bonchev–Trinajstić information content (AvgIpc) is 2.82. The van der Waals surface area contributed by atoms with Gasteiger partial charge >= 0.3 is 0 Å². The lowest BCUT2D eigenvalue weighted by molar-refractivity contribution is 0.266. The van der Waals surface area contributed by atoms with Crippen molar-refractivity contribution in [2.24, 2.45) is 0 Å². The van der Waals surface area contributed by atoms with Gasteiger partial charge in [-0.05, 0) is 50.7 Å². The summed E-state index contributed by atoms with van der Waals surface area (Å²) in [5.41, 5.74) is 0. The minimum atomic E-state index is 1.13. The van der Waals surface area contributed by atoms with Crippen LogP contribution in [0.25, 0.3) is 0 Å². The predicted octanol–water partition coefficient (Wildman–Crippen LogP) is 12.2. The summed E-state index contributed by atoms with van der Waals surface area (Å²) in [6.45, 7) is 9.18. The summed E-state index contributed by atoms with van der Waals surface area (Å²) in [4.78, 5) is 0. The van der Waals surface area contributed by atoms with Gasteiger partial charge in [0.15, 0.2) is 0 Å². The van der Waals surface area contributed by atoms with Crippen LogP contribution in [-0.4, -0.2) is 0 Å². The molecule has 0 atom stereocenters. The summed E-state index contributed by atoms with van der Waals surface area (Å²) in [7, 11) is 0. The zero-order valence-electron chi connectivity index (χ0n) is 23.5. The van der Waals surface area contributed by atoms with Crippen LogP contribution >= 0.6 is 0 Å². The first-order chi connectivity index (χ1) is 16.3. The number of rotatable bonds is 26. The highest BCUT2D eigenvalue weighted by Gasteiger charge is 2.06. The molecular formula is C32H62O. The van der Waals surface area contributed by atoms with Gasteiger partial charge in [0, 0.05) is 12.8 Å². The Bertz CT molecular complexity index is 394. The first kappa shape index (κ1) is 32.3. The zero-order chi connectivity index (χ0) is 24.2. The molecule has 1 nitrogen and oxygen atoms in total. The highest BCUT2D eigenvalue weighted by molar-refractivity contribution is 5.02. The molecule has 0 N–H and O–H groups in total. The van der Waals surface area contributed by atoms with E-state index in [0.717, 1.165) is 12.8 Å². The smallest absolute Gasteiger partial charge is 0.0996 e. The molecule has 0 radical (unpaired) electrons. The molecule has 0 aliphatic carbocycles. The Kier molecular flexibility index (Phi) is 26.9. The van der Waals surface area contributed by atoms with Crippen LogP contribution in [0.1, 0.15) is 182 Å². The normalized spacial score (nSPS) is 12.5. The van der Waals surface area contributed by atoms with Crippen molar-refractivity contribution in [1.29, 1.82) is 0 Å². The quantitative estimate of drug-likeness (QED) is 0.0917. The van der Waals surface area contributed by atoms with Crippen LogP contribution in [-0.2, 0) is 4.74 Å². The molecule has 0 spiro atoms. The summed E-state index contributed by atoms with van der Waals surface area (Å²) >= 11 is 0. The molecule has 0 aromatic carbocycles. The molecule has 0 saturated heterocycles. The van der Waals surface area contributed by atoms with Gasteiger partial charge in [0.25, 0.3) is 0 Å². The minimum absolute atomic E-state index is 1.13. The number of allylic oxidation sites excluding steroid dienone is 4. The number of hydrogen-bond donors (Lipinski definition) is 0. The van der Waals surface area contributed by atoms with E-state index in [0.29, 0.717) is 0 Å². The third-order valence-corrected chi connectivity index (χ3v) is 6.68. The molecule has 0 aliphatic rings. The average molecular weight is 463 g/mol. The van der Waals surface area contributed by atoms with E-state index < -0.39 is 0 Å². The van der Waals surface area contributed by atoms with Crippen LogP contribution in [0.5, 0.6) is 0 Å². The van der Waals surface area contributed by atoms with Gasteiger partial charge in [-0.1, -0.05) is 130 Å². The van der Waals surface area contributed by atoms with Gasteiger partial charge < -0.3 is 4.74 Å². The maximum Gasteiger partial charge on any atom is 0.0996 e. The van der Waals surface area contributed by atoms with E-state index in [9.17, 15) is 0 Å². The van der Waals surface area contributed by atoms with Crippen molar-refractivity contribution >= 4 is 0 Å². The fraction of sp³-hybridized carbons (Fsp3) is 0.875. The molecule has 0 bridgehead atoms. The Morgan fingerprint density at radius 3 is 1.06 bits per heavy atom. The third kappa shape index (κ3) is 24.2. The minimum Gasteiger partial charge on any atom is -0.467 e. The summed E-state index contributed by atoms with van der Waals surface area (Å²) < 4.78 is 6.62. The SMILES string of the molecule is CCCCCC=C(CCCCCCCCC)OC(=CCCCCC)CCCCCCCCC. The van der Waals surface area contributed by atoms with Gasteiger partial charge in [-0.15, -0.1) is 0 Å². The van der Waals surface area contributed by atoms with Gasteiger partial charge in [-0.3, -0.25) is 0 Å². The maximum absolute atomic E-state index is 6.62. The van der Waals surface area contributed by atoms with Crippen molar-refractivity contribution in [2.75, 3.05) is 0 Å². The molecule has 0 rings (SSSR count). The van der Waals surface area contributed by atoms with E-state index in [1.54, 1.807) is 0 Å². The lowest BCUT2D eigenvalue weighted by Gasteiger charge is -2.15. The molecule has 0 aromatic rings. The molecule has 196 valence electrons. The van der Waals surface area contributed by atoms with Gasteiger partial charge in [0.05, 0.1) is 11.5 Å². The molecule has 0 heterocycles. The Balaban J connectivity index is 4.66. The summed E-state index contributed by atoms with van der Waals surface area (Å²) in [5, 5.41) is 0. The van der Waals surface area contributed by atoms with E-state index in [4.69, 9.17) is 4.74 Å². The van der Waals surface area contributed by atoms with Gasteiger partial charge in [0.1, 0.15) is 0 Å². The molecule has 33 heavy (non-hydrogen) atoms. The number of hydrogen-bond acceptors (Lipinski definition) is 1. The maximum atomic E-state index is 6.62. The molecule has 0 amide bonds. The standard InChI is InChI=1S/C32H62O/c1-5-9-13-17-19-21-25-29-31(27-23-15-11-7-3)33-32(28-24-16-12-8-4)30-26-22-20-18-14-10-6-2/h27-28H,5-26,29-30H2,1-4H3. The Hall–Kier alpha value is -0.720. The number of ether oxygens (including phenoxy) is 1. The topological polar surface area (TPSA) is 9.23 Å². The second-order valence-corrected chi connectivity index (χ2v) is 10.2. The number of unbranched alkanes of at least 4 members (excludes halogenated alkanes) is 18. The summed E-state index contributed by atoms with van der Waals surface area (Å²) in [6, 6.07) is 0. The molecule has 0 unspecified atom stereocenters. The van der Waals surface area contributed by atoms with Crippen molar-refractivity contribution in [1.82, 2.24) is 0 Å². The molecule has 1 heteroatoms. The highest BCUT2D eigenvalue weighted by atomic mass is 16.5. The summed E-state index contributed by atoms with van der Waals surface area (Å²) in [5.74, 6) is 2.54. The molecular weight excluding hydrogens is 400 g/mol. The lowest BCUT2D eigenvalue weighted by Crippen LogP contribution is -1.97. The molecule has 0 aromatic heterocycles. The molecule has 0 aliphatic heterocycles. The van der Waals surface area contributed by atoms with Gasteiger partial charge in [-0.25, -0.2) is 0 Å². The van der Waals surface area contributed by atoms with E-state index in [1.807, 2.05) is 0 Å². The fourth-order valence-electron chi connectivity index (χ4n) is 4.39. The lowest BCUT2D eigenvalue weighted by atomic mass is 10.1. The van der Waals surface area contributed by atoms with Crippen molar-refractivity contribution < 1.29 is 4.74 Å². The predicted molar refractivity (Wildman–Crippen MR) is 151 cm³/mol. The first-order valence-corrected chi connectivity index (χ1v) is 15.3. The van der Waals surface area contributed by atoms with Crippen LogP contribution in [0, 0.1) is 0 Å². The zero-order valence-corrected chi connectivity index (χ0v) is 23.5. The van der Waals surface area contributed by atoms with E-state index in [1.165, 1.54) is 153 Å². The van der Waals surface area contributed by atoms with Gasteiger partial charge in [0.2, 0.25) is 0 Å². The largest absolute Gasteiger partial charge is 0.467 e. The monoisotopic (exact) mass is 462 g/mol. The van der Waals surface area contributed by atoms with E-state index in [-0.39, 0.29) is 0 Å². The second-order valence-electron chi connectivity index (χ2n) is 10.2. The second kappa shape index (κ2) is 27.5. The van der Waals surface area contributed by atoms with Crippen LogP contribution in [0.3, 0.4) is 0 Å².